The van der Waals surface area contributed by atoms with Gasteiger partial charge in [0, 0.05) is 13.2 Å². The van der Waals surface area contributed by atoms with Gasteiger partial charge in [-0.15, -0.1) is 0 Å². The molecule has 0 aliphatic rings. The van der Waals surface area contributed by atoms with Gasteiger partial charge in [-0.2, -0.15) is 0 Å². The normalized spacial score (nSPS) is 12.0. The van der Waals surface area contributed by atoms with Crippen LogP contribution in [-0.2, 0) is 20.9 Å². The molecule has 1 N–H and O–H groups in total. The molecule has 0 fully saturated rings. The quantitative estimate of drug-likeness (QED) is 0.657. The Hall–Kier alpha value is -2.80. The molecule has 7 nitrogen and oxygen atoms in total. The van der Waals surface area contributed by atoms with E-state index in [1.165, 1.54) is 20.3 Å². The van der Waals surface area contributed by atoms with Crippen LogP contribution in [0.1, 0.15) is 43.3 Å². The number of carbonyl (C=O) groups is 1. The molecule has 0 spiro atoms. The van der Waals surface area contributed by atoms with Crippen molar-refractivity contribution in [2.24, 2.45) is 5.92 Å². The zero-order chi connectivity index (χ0) is 20.7. The molecule has 1 atom stereocenters. The number of ether oxygens (including phenoxy) is 3. The van der Waals surface area contributed by atoms with Gasteiger partial charge in [-0.3, -0.25) is 9.59 Å². The van der Waals surface area contributed by atoms with Crippen LogP contribution in [0.25, 0.3) is 0 Å². The fraction of sp³-hybridized carbons (Fsp3) is 0.429. The highest BCUT2D eigenvalue weighted by Crippen LogP contribution is 2.34. The topological polar surface area (TPSA) is 95.2 Å². The van der Waals surface area contributed by atoms with E-state index < -0.39 is 23.1 Å². The molecule has 0 saturated carbocycles. The van der Waals surface area contributed by atoms with Gasteiger partial charge in [0.25, 0.3) is 0 Å². The molecule has 28 heavy (non-hydrogen) atoms. The average molecular weight is 390 g/mol. The molecule has 0 saturated heterocycles. The minimum absolute atomic E-state index is 0.000740. The summed E-state index contributed by atoms with van der Waals surface area (Å²) in [4.78, 5) is 24.1. The highest BCUT2D eigenvalue weighted by molar-refractivity contribution is 5.71. The molecule has 1 unspecified atom stereocenters. The fourth-order valence-corrected chi connectivity index (χ4v) is 2.68. The summed E-state index contributed by atoms with van der Waals surface area (Å²) in [6, 6.07) is 8.25. The minimum atomic E-state index is -0.698. The Morgan fingerprint density at radius 1 is 1.18 bits per heavy atom. The summed E-state index contributed by atoms with van der Waals surface area (Å²) in [5, 5.41) is 10.3. The maximum Gasteiger partial charge on any atom is 0.306 e. The molecule has 0 bridgehead atoms. The van der Waals surface area contributed by atoms with E-state index in [1.54, 1.807) is 24.3 Å². The van der Waals surface area contributed by atoms with E-state index in [9.17, 15) is 14.7 Å². The number of methoxy groups -OCH3 is 2. The third-order valence-electron chi connectivity index (χ3n) is 4.07. The van der Waals surface area contributed by atoms with Crippen molar-refractivity contribution in [1.29, 1.82) is 0 Å². The second-order valence-electron chi connectivity index (χ2n) is 6.83. The van der Waals surface area contributed by atoms with Crippen molar-refractivity contribution in [2.45, 2.75) is 32.8 Å². The Balaban J connectivity index is 2.43. The van der Waals surface area contributed by atoms with Crippen LogP contribution < -0.4 is 10.2 Å². The monoisotopic (exact) mass is 390 g/mol. The third kappa shape index (κ3) is 5.60. The van der Waals surface area contributed by atoms with Crippen LogP contribution in [0.4, 0.5) is 0 Å². The number of carbonyl (C=O) groups excluding carboxylic acids is 1. The lowest BCUT2D eigenvalue weighted by molar-refractivity contribution is -0.140. The number of aromatic hydroxyl groups is 1. The van der Waals surface area contributed by atoms with Crippen LogP contribution in [0.15, 0.2) is 39.5 Å². The first kappa shape index (κ1) is 21.5. The van der Waals surface area contributed by atoms with E-state index in [0.717, 1.165) is 0 Å². The molecule has 152 valence electrons. The van der Waals surface area contributed by atoms with Gasteiger partial charge in [0.15, 0.2) is 5.76 Å². The molecule has 7 heteroatoms. The smallest absolute Gasteiger partial charge is 0.306 e. The van der Waals surface area contributed by atoms with Crippen molar-refractivity contribution in [2.75, 3.05) is 20.8 Å². The van der Waals surface area contributed by atoms with Gasteiger partial charge in [-0.05, 0) is 23.6 Å². The summed E-state index contributed by atoms with van der Waals surface area (Å²) in [6.45, 7) is 4.76. The Morgan fingerprint density at radius 2 is 1.86 bits per heavy atom. The van der Waals surface area contributed by atoms with Crippen LogP contribution in [0.5, 0.6) is 11.5 Å². The lowest BCUT2D eigenvalue weighted by atomic mass is 9.92. The van der Waals surface area contributed by atoms with Crippen molar-refractivity contribution >= 4 is 5.97 Å². The molecule has 0 aliphatic heterocycles. The van der Waals surface area contributed by atoms with Crippen molar-refractivity contribution < 1.29 is 28.5 Å². The molecular weight excluding hydrogens is 364 g/mol. The predicted octanol–water partition coefficient (Wildman–Crippen LogP) is 3.22. The largest absolute Gasteiger partial charge is 0.502 e. The first-order chi connectivity index (χ1) is 13.3. The van der Waals surface area contributed by atoms with Crippen LogP contribution in [-0.4, -0.2) is 31.9 Å². The summed E-state index contributed by atoms with van der Waals surface area (Å²) in [5.74, 6) is -0.392. The summed E-state index contributed by atoms with van der Waals surface area (Å²) in [7, 11) is 2.74. The molecule has 0 radical (unpaired) electrons. The van der Waals surface area contributed by atoms with Crippen molar-refractivity contribution in [3.63, 3.8) is 0 Å². The summed E-state index contributed by atoms with van der Waals surface area (Å²) >= 11 is 0. The van der Waals surface area contributed by atoms with E-state index in [1.807, 2.05) is 0 Å². The number of esters is 1. The predicted molar refractivity (Wildman–Crippen MR) is 103 cm³/mol. The van der Waals surface area contributed by atoms with E-state index in [2.05, 4.69) is 13.8 Å². The van der Waals surface area contributed by atoms with E-state index in [4.69, 9.17) is 18.6 Å². The molecule has 0 aliphatic carbocycles. The highest BCUT2D eigenvalue weighted by atomic mass is 16.5. The van der Waals surface area contributed by atoms with E-state index >= 15 is 0 Å². The van der Waals surface area contributed by atoms with Crippen LogP contribution >= 0.6 is 0 Å². The third-order valence-corrected chi connectivity index (χ3v) is 4.07. The zero-order valence-corrected chi connectivity index (χ0v) is 16.6. The Kier molecular flexibility index (Phi) is 7.63. The van der Waals surface area contributed by atoms with E-state index in [0.29, 0.717) is 23.8 Å². The average Bonchev–Trinajstić information content (AvgIpc) is 2.68. The van der Waals surface area contributed by atoms with Gasteiger partial charge in [0.05, 0.1) is 26.1 Å². The van der Waals surface area contributed by atoms with Crippen LogP contribution in [0, 0.1) is 5.92 Å². The van der Waals surface area contributed by atoms with Gasteiger partial charge in [-0.1, -0.05) is 26.0 Å². The molecule has 1 aromatic carbocycles. The lowest BCUT2D eigenvalue weighted by Crippen LogP contribution is -2.14. The van der Waals surface area contributed by atoms with Gasteiger partial charge in [0.2, 0.25) is 11.2 Å². The highest BCUT2D eigenvalue weighted by Gasteiger charge is 2.26. The number of hydrogen-bond donors (Lipinski definition) is 1. The molecule has 1 heterocycles. The fourth-order valence-electron chi connectivity index (χ4n) is 2.68. The second kappa shape index (κ2) is 9.94. The maximum atomic E-state index is 12.1. The van der Waals surface area contributed by atoms with Gasteiger partial charge in [0.1, 0.15) is 18.1 Å². The molecule has 2 aromatic rings. The Bertz CT molecular complexity index is 837. The number of hydrogen-bond acceptors (Lipinski definition) is 7. The van der Waals surface area contributed by atoms with E-state index in [-0.39, 0.29) is 24.5 Å². The van der Waals surface area contributed by atoms with Gasteiger partial charge >= 0.3 is 5.97 Å². The molecule has 1 aromatic heterocycles. The van der Waals surface area contributed by atoms with Crippen LogP contribution in [0.3, 0.4) is 0 Å². The SMILES string of the molecule is COCc1cc(=O)c(O)c(C(CC(=O)OC)c2ccc(OCC(C)C)cc2)o1. The standard InChI is InChI=1S/C21H26O7/c1-13(2)11-27-15-7-5-14(6-8-15)17(10-19(23)26-4)21-20(24)18(22)9-16(28-21)12-25-3/h5-9,13,17,24H,10-12H2,1-4H3. The number of rotatable bonds is 9. The van der Waals surface area contributed by atoms with Crippen molar-refractivity contribution in [3.05, 3.63) is 57.6 Å². The summed E-state index contributed by atoms with van der Waals surface area (Å²) < 4.78 is 21.1. The van der Waals surface area contributed by atoms with Gasteiger partial charge in [-0.25, -0.2) is 0 Å². The van der Waals surface area contributed by atoms with Crippen LogP contribution in [0.2, 0.25) is 0 Å². The summed E-state index contributed by atoms with van der Waals surface area (Å²) in [6.07, 6.45) is -0.102. The van der Waals surface area contributed by atoms with Crippen molar-refractivity contribution in [1.82, 2.24) is 0 Å². The van der Waals surface area contributed by atoms with Crippen molar-refractivity contribution in [3.8, 4) is 11.5 Å². The first-order valence-corrected chi connectivity index (χ1v) is 9.00. The maximum absolute atomic E-state index is 12.1. The lowest BCUT2D eigenvalue weighted by Gasteiger charge is -2.18. The number of benzene rings is 1. The van der Waals surface area contributed by atoms with Gasteiger partial charge < -0.3 is 23.7 Å². The molecule has 0 amide bonds. The Morgan fingerprint density at radius 3 is 2.43 bits per heavy atom. The molecular formula is C21H26O7. The minimum Gasteiger partial charge on any atom is -0.502 e. The Labute approximate surface area is 163 Å². The second-order valence-corrected chi connectivity index (χ2v) is 6.83. The summed E-state index contributed by atoms with van der Waals surface area (Å²) in [5.41, 5.74) is 0.0790. The zero-order valence-electron chi connectivity index (χ0n) is 16.6. The molecule has 2 rings (SSSR count). The first-order valence-electron chi connectivity index (χ1n) is 9.00.